The van der Waals surface area contributed by atoms with Gasteiger partial charge in [-0.2, -0.15) is 0 Å². The summed E-state index contributed by atoms with van der Waals surface area (Å²) in [5.74, 6) is -0.180. The molecule has 0 saturated carbocycles. The number of nitrogens with one attached hydrogen (secondary N) is 1. The average Bonchev–Trinajstić information content (AvgIpc) is 2.40. The van der Waals surface area contributed by atoms with Crippen molar-refractivity contribution in [3.8, 4) is 5.75 Å². The first-order chi connectivity index (χ1) is 9.82. The van der Waals surface area contributed by atoms with Crippen LogP contribution in [0.2, 0.25) is 0 Å². The maximum atomic E-state index is 12.0. The maximum Gasteiger partial charge on any atom is 0.255 e. The number of hydrogen-bond acceptors (Lipinski definition) is 3. The van der Waals surface area contributed by atoms with Gasteiger partial charge >= 0.3 is 0 Å². The van der Waals surface area contributed by atoms with E-state index in [9.17, 15) is 9.90 Å². The lowest BCUT2D eigenvalue weighted by Crippen LogP contribution is -2.39. The quantitative estimate of drug-likeness (QED) is 0.760. The minimum absolute atomic E-state index is 0.0316. The van der Waals surface area contributed by atoms with E-state index in [0.717, 1.165) is 18.5 Å². The molecule has 0 aliphatic heterocycles. The van der Waals surface area contributed by atoms with Crippen LogP contribution in [0.5, 0.6) is 5.75 Å². The molecule has 21 heavy (non-hydrogen) atoms. The Hall–Kier alpha value is -1.55. The molecule has 0 aromatic heterocycles. The third-order valence-electron chi connectivity index (χ3n) is 3.60. The largest absolute Gasteiger partial charge is 0.507 e. The van der Waals surface area contributed by atoms with E-state index in [1.807, 2.05) is 6.92 Å². The van der Waals surface area contributed by atoms with Crippen LogP contribution in [0.3, 0.4) is 0 Å². The SMILES string of the molecule is Cc1ccc(O)c(C(=O)NCCCN(C(C)C)C(C)C)c1. The standard InChI is InChI=1S/C17H28N2O2/c1-12(2)19(13(3)4)10-6-9-18-17(21)15-11-14(5)7-8-16(15)20/h7-8,11-13,20H,6,9-10H2,1-5H3,(H,18,21). The predicted octanol–water partition coefficient (Wildman–Crippen LogP) is 2.94. The Labute approximate surface area is 128 Å². The van der Waals surface area contributed by atoms with E-state index in [4.69, 9.17) is 0 Å². The molecule has 0 fully saturated rings. The van der Waals surface area contributed by atoms with Gasteiger partial charge in [0, 0.05) is 25.2 Å². The van der Waals surface area contributed by atoms with E-state index < -0.39 is 0 Å². The third kappa shape index (κ3) is 5.38. The second kappa shape index (κ2) is 8.03. The molecule has 0 spiro atoms. The lowest BCUT2D eigenvalue weighted by molar-refractivity contribution is 0.0947. The Morgan fingerprint density at radius 2 is 1.86 bits per heavy atom. The first-order valence-electron chi connectivity index (χ1n) is 7.66. The molecule has 0 aliphatic carbocycles. The smallest absolute Gasteiger partial charge is 0.255 e. The molecule has 0 saturated heterocycles. The zero-order valence-electron chi connectivity index (χ0n) is 13.8. The number of aromatic hydroxyl groups is 1. The highest BCUT2D eigenvalue weighted by Gasteiger charge is 2.14. The Bertz CT molecular complexity index is 462. The third-order valence-corrected chi connectivity index (χ3v) is 3.60. The summed E-state index contributed by atoms with van der Waals surface area (Å²) >= 11 is 0. The van der Waals surface area contributed by atoms with Crippen LogP contribution in [-0.2, 0) is 0 Å². The summed E-state index contributed by atoms with van der Waals surface area (Å²) in [6.07, 6.45) is 0.897. The predicted molar refractivity (Wildman–Crippen MR) is 86.8 cm³/mol. The fourth-order valence-electron chi connectivity index (χ4n) is 2.50. The van der Waals surface area contributed by atoms with Crippen LogP contribution in [0.15, 0.2) is 18.2 Å². The second-order valence-electron chi connectivity index (χ2n) is 6.06. The summed E-state index contributed by atoms with van der Waals surface area (Å²) in [6.45, 7) is 12.2. The molecule has 1 amide bonds. The summed E-state index contributed by atoms with van der Waals surface area (Å²) in [7, 11) is 0. The molecule has 0 unspecified atom stereocenters. The van der Waals surface area contributed by atoms with Crippen LogP contribution in [0.4, 0.5) is 0 Å². The normalized spacial score (nSPS) is 11.4. The number of aryl methyl sites for hydroxylation is 1. The maximum absolute atomic E-state index is 12.0. The molecule has 4 heteroatoms. The van der Waals surface area contributed by atoms with E-state index in [1.54, 1.807) is 18.2 Å². The van der Waals surface area contributed by atoms with Gasteiger partial charge in [-0.15, -0.1) is 0 Å². The van der Waals surface area contributed by atoms with Crippen molar-refractivity contribution in [3.63, 3.8) is 0 Å². The lowest BCUT2D eigenvalue weighted by atomic mass is 10.1. The van der Waals surface area contributed by atoms with Gasteiger partial charge in [-0.25, -0.2) is 0 Å². The summed E-state index contributed by atoms with van der Waals surface area (Å²) in [4.78, 5) is 14.4. The molecule has 4 nitrogen and oxygen atoms in total. The molecule has 0 heterocycles. The molecule has 1 rings (SSSR count). The number of benzene rings is 1. The first-order valence-corrected chi connectivity index (χ1v) is 7.66. The van der Waals surface area contributed by atoms with Crippen molar-refractivity contribution in [2.75, 3.05) is 13.1 Å². The highest BCUT2D eigenvalue weighted by molar-refractivity contribution is 5.96. The number of carbonyl (C=O) groups is 1. The zero-order chi connectivity index (χ0) is 16.0. The van der Waals surface area contributed by atoms with Crippen molar-refractivity contribution >= 4 is 5.91 Å². The summed E-state index contributed by atoms with van der Waals surface area (Å²) in [5.41, 5.74) is 1.31. The van der Waals surface area contributed by atoms with Crippen molar-refractivity contribution in [2.24, 2.45) is 0 Å². The first kappa shape index (κ1) is 17.5. The van der Waals surface area contributed by atoms with Gasteiger partial charge in [0.25, 0.3) is 5.91 Å². The van der Waals surface area contributed by atoms with Crippen molar-refractivity contribution < 1.29 is 9.90 Å². The van der Waals surface area contributed by atoms with Crippen molar-refractivity contribution in [2.45, 2.75) is 53.1 Å². The topological polar surface area (TPSA) is 52.6 Å². The van der Waals surface area contributed by atoms with Crippen molar-refractivity contribution in [1.29, 1.82) is 0 Å². The Morgan fingerprint density at radius 1 is 1.24 bits per heavy atom. The average molecular weight is 292 g/mol. The van der Waals surface area contributed by atoms with E-state index in [-0.39, 0.29) is 11.7 Å². The molecular weight excluding hydrogens is 264 g/mol. The van der Waals surface area contributed by atoms with Gasteiger partial charge in [0.2, 0.25) is 0 Å². The van der Waals surface area contributed by atoms with Gasteiger partial charge in [0.05, 0.1) is 5.56 Å². The summed E-state index contributed by atoms with van der Waals surface area (Å²) < 4.78 is 0. The minimum atomic E-state index is -0.211. The number of phenolic OH excluding ortho intramolecular Hbond substituents is 1. The van der Waals surface area contributed by atoms with E-state index in [0.29, 0.717) is 24.2 Å². The monoisotopic (exact) mass is 292 g/mol. The fraction of sp³-hybridized carbons (Fsp3) is 0.588. The molecule has 2 N–H and O–H groups in total. The van der Waals surface area contributed by atoms with Crippen molar-refractivity contribution in [3.05, 3.63) is 29.3 Å². The number of hydrogen-bond donors (Lipinski definition) is 2. The van der Waals surface area contributed by atoms with Crippen LogP contribution < -0.4 is 5.32 Å². The summed E-state index contributed by atoms with van der Waals surface area (Å²) in [5, 5.41) is 12.6. The van der Waals surface area contributed by atoms with E-state index in [1.165, 1.54) is 0 Å². The van der Waals surface area contributed by atoms with Gasteiger partial charge in [-0.05, 0) is 53.2 Å². The number of carbonyl (C=O) groups excluding carboxylic acids is 1. The molecule has 0 radical (unpaired) electrons. The van der Waals surface area contributed by atoms with E-state index in [2.05, 4.69) is 37.9 Å². The van der Waals surface area contributed by atoms with E-state index >= 15 is 0 Å². The number of rotatable bonds is 7. The van der Waals surface area contributed by atoms with Crippen LogP contribution in [0.1, 0.15) is 50.0 Å². The van der Waals surface area contributed by atoms with Gasteiger partial charge < -0.3 is 10.4 Å². The Kier molecular flexibility index (Phi) is 6.69. The lowest BCUT2D eigenvalue weighted by Gasteiger charge is -2.30. The highest BCUT2D eigenvalue weighted by Crippen LogP contribution is 2.17. The van der Waals surface area contributed by atoms with Crippen LogP contribution in [0, 0.1) is 6.92 Å². The molecule has 0 aliphatic rings. The molecule has 1 aromatic carbocycles. The Balaban J connectivity index is 2.45. The molecule has 118 valence electrons. The fourth-order valence-corrected chi connectivity index (χ4v) is 2.50. The van der Waals surface area contributed by atoms with Crippen molar-refractivity contribution in [1.82, 2.24) is 10.2 Å². The van der Waals surface area contributed by atoms with Gasteiger partial charge in [-0.1, -0.05) is 11.6 Å². The van der Waals surface area contributed by atoms with Gasteiger partial charge in [-0.3, -0.25) is 9.69 Å². The molecular formula is C17H28N2O2. The second-order valence-corrected chi connectivity index (χ2v) is 6.06. The van der Waals surface area contributed by atoms with Crippen LogP contribution >= 0.6 is 0 Å². The summed E-state index contributed by atoms with van der Waals surface area (Å²) in [6, 6.07) is 6.06. The number of amides is 1. The van der Waals surface area contributed by atoms with Gasteiger partial charge in [0.15, 0.2) is 0 Å². The van der Waals surface area contributed by atoms with Crippen LogP contribution in [-0.4, -0.2) is 41.1 Å². The minimum Gasteiger partial charge on any atom is -0.507 e. The van der Waals surface area contributed by atoms with Crippen LogP contribution in [0.25, 0.3) is 0 Å². The number of nitrogens with zero attached hydrogens (tertiary/aromatic N) is 1. The molecule has 0 atom stereocenters. The highest BCUT2D eigenvalue weighted by atomic mass is 16.3. The zero-order valence-corrected chi connectivity index (χ0v) is 13.8. The molecule has 1 aromatic rings. The van der Waals surface area contributed by atoms with Gasteiger partial charge in [0.1, 0.15) is 5.75 Å². The Morgan fingerprint density at radius 3 is 2.43 bits per heavy atom. The molecule has 0 bridgehead atoms. The number of phenols is 1.